The first-order chi connectivity index (χ1) is 14.9. The second-order valence-corrected chi connectivity index (χ2v) is 9.99. The highest BCUT2D eigenvalue weighted by atomic mass is 19.3. The predicted octanol–water partition coefficient (Wildman–Crippen LogP) is 3.03. The molecule has 0 aromatic heterocycles. The molecule has 178 valence electrons. The average Bonchev–Trinajstić information content (AvgIpc) is 3.48. The van der Waals surface area contributed by atoms with Crippen LogP contribution in [0.5, 0.6) is 0 Å². The van der Waals surface area contributed by atoms with Crippen LogP contribution < -0.4 is 10.6 Å². The predicted molar refractivity (Wildman–Crippen MR) is 111 cm³/mol. The molecule has 8 nitrogen and oxygen atoms in total. The number of halogens is 2. The molecular weight excluding hydrogens is 422 g/mol. The van der Waals surface area contributed by atoms with Gasteiger partial charge in [-0.2, -0.15) is 5.26 Å². The quantitative estimate of drug-likeness (QED) is 0.546. The number of likely N-dealkylation sites (tertiary alicyclic amines) is 1. The monoisotopic (exact) mass is 454 g/mol. The Morgan fingerprint density at radius 1 is 1.16 bits per heavy atom. The third-order valence-electron chi connectivity index (χ3n) is 7.24. The fourth-order valence-corrected chi connectivity index (χ4v) is 4.95. The SMILES string of the molecule is CC(F)(F)CC(NC(=O)N1CCC2(CCC(CC(=O)O)CC2)CC1)C(=O)NC1(C#N)CC1. The molecule has 1 heterocycles. The van der Waals surface area contributed by atoms with Gasteiger partial charge in [0, 0.05) is 25.9 Å². The van der Waals surface area contributed by atoms with Gasteiger partial charge in [-0.1, -0.05) is 0 Å². The maximum Gasteiger partial charge on any atom is 0.318 e. The van der Waals surface area contributed by atoms with Crippen molar-refractivity contribution in [3.8, 4) is 6.07 Å². The number of carboxylic acids is 1. The molecule has 2 saturated carbocycles. The minimum absolute atomic E-state index is 0.101. The molecular formula is C22H32F2N4O4. The van der Waals surface area contributed by atoms with Gasteiger partial charge in [0.15, 0.2) is 0 Å². The van der Waals surface area contributed by atoms with E-state index in [1.165, 1.54) is 0 Å². The van der Waals surface area contributed by atoms with Crippen molar-refractivity contribution in [2.45, 2.75) is 88.6 Å². The van der Waals surface area contributed by atoms with Crippen molar-refractivity contribution in [1.29, 1.82) is 5.26 Å². The number of hydrogen-bond acceptors (Lipinski definition) is 4. The number of nitriles is 1. The molecule has 3 aliphatic rings. The Bertz CT molecular complexity index is 770. The van der Waals surface area contributed by atoms with Gasteiger partial charge < -0.3 is 20.6 Å². The standard InChI is InChI=1S/C22H32F2N4O4/c1-20(23,24)13-16(18(31)27-22(14-25)6-7-22)26-19(32)28-10-8-21(9-11-28)4-2-15(3-5-21)12-17(29)30/h15-16H,2-13H2,1H3,(H,26,32)(H,27,31)(H,29,30). The van der Waals surface area contributed by atoms with Crippen LogP contribution >= 0.6 is 0 Å². The number of piperidine rings is 1. The van der Waals surface area contributed by atoms with Gasteiger partial charge in [0.1, 0.15) is 11.6 Å². The Hall–Kier alpha value is -2.44. The van der Waals surface area contributed by atoms with Gasteiger partial charge in [0.25, 0.3) is 0 Å². The van der Waals surface area contributed by atoms with Gasteiger partial charge in [0.2, 0.25) is 11.8 Å². The molecule has 1 unspecified atom stereocenters. The summed E-state index contributed by atoms with van der Waals surface area (Å²) in [4.78, 5) is 37.8. The Kier molecular flexibility index (Phi) is 6.96. The lowest BCUT2D eigenvalue weighted by atomic mass is 9.65. The first-order valence-corrected chi connectivity index (χ1v) is 11.3. The van der Waals surface area contributed by atoms with E-state index in [4.69, 9.17) is 10.4 Å². The smallest absolute Gasteiger partial charge is 0.318 e. The van der Waals surface area contributed by atoms with Crippen LogP contribution in [0.1, 0.15) is 71.1 Å². The summed E-state index contributed by atoms with van der Waals surface area (Å²) in [5.41, 5.74) is -0.899. The first kappa shape index (κ1) is 24.2. The van der Waals surface area contributed by atoms with Crippen LogP contribution in [0.3, 0.4) is 0 Å². The van der Waals surface area contributed by atoms with Gasteiger partial charge in [-0.15, -0.1) is 0 Å². The number of amides is 3. The highest BCUT2D eigenvalue weighted by molar-refractivity contribution is 5.88. The minimum Gasteiger partial charge on any atom is -0.481 e. The number of carbonyl (C=O) groups is 3. The molecule has 0 radical (unpaired) electrons. The van der Waals surface area contributed by atoms with E-state index in [1.54, 1.807) is 4.90 Å². The lowest BCUT2D eigenvalue weighted by Crippen LogP contribution is -2.56. The molecule has 3 amide bonds. The fraction of sp³-hybridized carbons (Fsp3) is 0.818. The Labute approximate surface area is 186 Å². The topological polar surface area (TPSA) is 123 Å². The van der Waals surface area contributed by atoms with Crippen LogP contribution in [0, 0.1) is 22.7 Å². The van der Waals surface area contributed by atoms with E-state index in [0.29, 0.717) is 32.9 Å². The fourth-order valence-electron chi connectivity index (χ4n) is 4.95. The van der Waals surface area contributed by atoms with Gasteiger partial charge in [-0.25, -0.2) is 13.6 Å². The van der Waals surface area contributed by atoms with Crippen molar-refractivity contribution in [3.63, 3.8) is 0 Å². The molecule has 0 aromatic rings. The lowest BCUT2D eigenvalue weighted by Gasteiger charge is -2.46. The van der Waals surface area contributed by atoms with Gasteiger partial charge in [-0.05, 0) is 69.6 Å². The number of aliphatic carboxylic acids is 1. The zero-order valence-corrected chi connectivity index (χ0v) is 18.5. The van der Waals surface area contributed by atoms with Crippen LogP contribution in [0.4, 0.5) is 13.6 Å². The average molecular weight is 455 g/mol. The normalized spacial score (nSPS) is 23.1. The molecule has 1 atom stereocenters. The number of nitrogens with zero attached hydrogens (tertiary/aromatic N) is 2. The summed E-state index contributed by atoms with van der Waals surface area (Å²) in [7, 11) is 0. The summed E-state index contributed by atoms with van der Waals surface area (Å²) in [6.07, 6.45) is 5.46. The second-order valence-electron chi connectivity index (χ2n) is 9.99. The maximum absolute atomic E-state index is 13.7. The molecule has 3 rings (SSSR count). The van der Waals surface area contributed by atoms with Crippen molar-refractivity contribution in [2.24, 2.45) is 11.3 Å². The molecule has 0 aromatic carbocycles. The van der Waals surface area contributed by atoms with E-state index in [0.717, 1.165) is 38.5 Å². The molecule has 1 aliphatic heterocycles. The van der Waals surface area contributed by atoms with E-state index in [-0.39, 0.29) is 17.8 Å². The van der Waals surface area contributed by atoms with Crippen LogP contribution in [0.25, 0.3) is 0 Å². The molecule has 1 saturated heterocycles. The number of urea groups is 1. The van der Waals surface area contributed by atoms with Crippen molar-refractivity contribution in [1.82, 2.24) is 15.5 Å². The van der Waals surface area contributed by atoms with Gasteiger partial charge in [-0.3, -0.25) is 9.59 Å². The summed E-state index contributed by atoms with van der Waals surface area (Å²) >= 11 is 0. The lowest BCUT2D eigenvalue weighted by molar-refractivity contribution is -0.138. The molecule has 32 heavy (non-hydrogen) atoms. The van der Waals surface area contributed by atoms with E-state index in [1.807, 2.05) is 6.07 Å². The number of hydrogen-bond donors (Lipinski definition) is 3. The summed E-state index contributed by atoms with van der Waals surface area (Å²) < 4.78 is 27.3. The van der Waals surface area contributed by atoms with E-state index in [9.17, 15) is 23.2 Å². The van der Waals surface area contributed by atoms with E-state index < -0.39 is 41.8 Å². The van der Waals surface area contributed by atoms with Crippen LogP contribution in [0.15, 0.2) is 0 Å². The van der Waals surface area contributed by atoms with Crippen LogP contribution in [0.2, 0.25) is 0 Å². The number of carbonyl (C=O) groups excluding carboxylic acids is 2. The Balaban J connectivity index is 1.53. The molecule has 3 fully saturated rings. The summed E-state index contributed by atoms with van der Waals surface area (Å²) in [6.45, 7) is 1.63. The van der Waals surface area contributed by atoms with Crippen molar-refractivity contribution in [3.05, 3.63) is 0 Å². The second kappa shape index (κ2) is 9.20. The molecule has 10 heteroatoms. The molecule has 0 bridgehead atoms. The minimum atomic E-state index is -3.15. The van der Waals surface area contributed by atoms with Gasteiger partial charge in [0.05, 0.1) is 6.07 Å². The number of nitrogens with one attached hydrogen (secondary N) is 2. The zero-order chi connectivity index (χ0) is 23.6. The Morgan fingerprint density at radius 2 is 1.75 bits per heavy atom. The van der Waals surface area contributed by atoms with E-state index >= 15 is 0 Å². The molecule has 2 aliphatic carbocycles. The van der Waals surface area contributed by atoms with Crippen molar-refractivity contribution < 1.29 is 28.3 Å². The highest BCUT2D eigenvalue weighted by Gasteiger charge is 2.47. The summed E-state index contributed by atoms with van der Waals surface area (Å²) in [5, 5.41) is 23.1. The van der Waals surface area contributed by atoms with Crippen molar-refractivity contribution >= 4 is 17.9 Å². The zero-order valence-electron chi connectivity index (χ0n) is 18.5. The van der Waals surface area contributed by atoms with Gasteiger partial charge >= 0.3 is 12.0 Å². The Morgan fingerprint density at radius 3 is 2.22 bits per heavy atom. The maximum atomic E-state index is 13.7. The third-order valence-corrected chi connectivity index (χ3v) is 7.24. The number of rotatable bonds is 7. The number of carboxylic acid groups (broad SMARTS) is 1. The first-order valence-electron chi connectivity index (χ1n) is 11.3. The largest absolute Gasteiger partial charge is 0.481 e. The third kappa shape index (κ3) is 6.30. The summed E-state index contributed by atoms with van der Waals surface area (Å²) in [5.74, 6) is -4.48. The van der Waals surface area contributed by atoms with Crippen molar-refractivity contribution in [2.75, 3.05) is 13.1 Å². The van der Waals surface area contributed by atoms with E-state index in [2.05, 4.69) is 10.6 Å². The van der Waals surface area contributed by atoms with Crippen LogP contribution in [-0.2, 0) is 9.59 Å². The summed E-state index contributed by atoms with van der Waals surface area (Å²) in [6, 6.07) is 0.0179. The number of alkyl halides is 2. The highest BCUT2D eigenvalue weighted by Crippen LogP contribution is 2.47. The molecule has 1 spiro atoms. The molecule has 3 N–H and O–H groups in total. The van der Waals surface area contributed by atoms with Crippen LogP contribution in [-0.4, -0.2) is 58.5 Å².